The van der Waals surface area contributed by atoms with Crippen molar-refractivity contribution in [2.24, 2.45) is 16.8 Å². The summed E-state index contributed by atoms with van der Waals surface area (Å²) in [5, 5.41) is 4.96. The molecule has 1 aromatic carbocycles. The van der Waals surface area contributed by atoms with Crippen LogP contribution in [0.2, 0.25) is 0 Å². The number of benzene rings is 1. The number of amidine groups is 1. The summed E-state index contributed by atoms with van der Waals surface area (Å²) in [6.45, 7) is 8.49. The number of hydrazone groups is 1. The minimum Gasteiger partial charge on any atom is -0.444 e. The van der Waals surface area contributed by atoms with Crippen LogP contribution in [-0.2, 0) is 4.74 Å². The molecular formula is C22H34N6O3. The number of likely N-dealkylation sites (tertiary alicyclic amines) is 1. The molecule has 2 aliphatic rings. The lowest BCUT2D eigenvalue weighted by Crippen LogP contribution is -2.50. The second-order valence-electron chi connectivity index (χ2n) is 9.24. The van der Waals surface area contributed by atoms with E-state index in [2.05, 4.69) is 5.10 Å². The van der Waals surface area contributed by atoms with Crippen LogP contribution in [0.15, 0.2) is 29.4 Å². The molecule has 0 bridgehead atoms. The van der Waals surface area contributed by atoms with Crippen molar-refractivity contribution >= 4 is 23.5 Å². The van der Waals surface area contributed by atoms with Gasteiger partial charge in [-0.1, -0.05) is 0 Å². The number of nitrogens with two attached hydrogens (primary N) is 2. The summed E-state index contributed by atoms with van der Waals surface area (Å²) in [5.41, 5.74) is 0.817. The highest BCUT2D eigenvalue weighted by Crippen LogP contribution is 2.33. The van der Waals surface area contributed by atoms with Crippen LogP contribution in [0.5, 0.6) is 0 Å². The molecule has 0 atom stereocenters. The van der Waals surface area contributed by atoms with E-state index in [-0.39, 0.29) is 24.1 Å². The molecule has 9 nitrogen and oxygen atoms in total. The number of hydrogen-bond acceptors (Lipinski definition) is 6. The number of amides is 2. The molecule has 0 spiro atoms. The summed E-state index contributed by atoms with van der Waals surface area (Å²) in [5.74, 6) is 11.7. The third-order valence-electron chi connectivity index (χ3n) is 5.61. The van der Waals surface area contributed by atoms with Crippen molar-refractivity contribution in [1.82, 2.24) is 9.80 Å². The monoisotopic (exact) mass is 430 g/mol. The number of carbonyl (C=O) groups is 2. The molecule has 170 valence electrons. The molecule has 1 saturated heterocycles. The Morgan fingerprint density at radius 1 is 1.06 bits per heavy atom. The highest BCUT2D eigenvalue weighted by Gasteiger charge is 2.39. The normalized spacial score (nSPS) is 18.0. The Balaban J connectivity index is 1.65. The first-order valence-electron chi connectivity index (χ1n) is 10.8. The molecule has 1 heterocycles. The molecule has 1 aliphatic carbocycles. The standard InChI is InChI=1S/C22H34N6O3/c1-15(25-23)28(24)19-7-5-16(6-8-19)20(29)27(17-9-10-17)18-11-13-26(14-12-18)21(30)31-22(2,3)4/h5-8,17-18H,9-14,23-24H2,1-4H3. The molecule has 0 aromatic heterocycles. The van der Waals surface area contributed by atoms with Gasteiger partial charge in [-0.3, -0.25) is 9.80 Å². The maximum atomic E-state index is 13.3. The van der Waals surface area contributed by atoms with Crippen LogP contribution in [-0.4, -0.2) is 58.4 Å². The van der Waals surface area contributed by atoms with E-state index in [0.717, 1.165) is 25.7 Å². The van der Waals surface area contributed by atoms with Crippen molar-refractivity contribution < 1.29 is 14.3 Å². The Morgan fingerprint density at radius 3 is 2.10 bits per heavy atom. The first kappa shape index (κ1) is 22.9. The molecule has 2 fully saturated rings. The highest BCUT2D eigenvalue weighted by molar-refractivity contribution is 5.97. The summed E-state index contributed by atoms with van der Waals surface area (Å²) in [6.07, 6.45) is 3.27. The van der Waals surface area contributed by atoms with E-state index in [1.54, 1.807) is 36.1 Å². The molecule has 3 rings (SSSR count). The van der Waals surface area contributed by atoms with E-state index in [1.807, 2.05) is 25.7 Å². The van der Waals surface area contributed by atoms with Gasteiger partial charge in [-0.25, -0.2) is 10.6 Å². The molecule has 31 heavy (non-hydrogen) atoms. The van der Waals surface area contributed by atoms with Gasteiger partial charge in [0.25, 0.3) is 5.91 Å². The van der Waals surface area contributed by atoms with Crippen LogP contribution in [0.4, 0.5) is 10.5 Å². The first-order chi connectivity index (χ1) is 14.6. The molecule has 0 unspecified atom stereocenters. The van der Waals surface area contributed by atoms with Crippen LogP contribution in [0.3, 0.4) is 0 Å². The highest BCUT2D eigenvalue weighted by atomic mass is 16.6. The van der Waals surface area contributed by atoms with Crippen molar-refractivity contribution in [3.8, 4) is 0 Å². The zero-order valence-corrected chi connectivity index (χ0v) is 18.9. The van der Waals surface area contributed by atoms with Crippen LogP contribution in [0, 0.1) is 0 Å². The molecule has 1 aromatic rings. The van der Waals surface area contributed by atoms with Crippen LogP contribution >= 0.6 is 0 Å². The molecular weight excluding hydrogens is 396 g/mol. The first-order valence-corrected chi connectivity index (χ1v) is 10.8. The Morgan fingerprint density at radius 2 is 1.61 bits per heavy atom. The number of nitrogens with zero attached hydrogens (tertiary/aromatic N) is 4. The summed E-state index contributed by atoms with van der Waals surface area (Å²) < 4.78 is 5.48. The fourth-order valence-corrected chi connectivity index (χ4v) is 3.80. The van der Waals surface area contributed by atoms with E-state index >= 15 is 0 Å². The van der Waals surface area contributed by atoms with Gasteiger partial charge in [-0.05, 0) is 77.6 Å². The van der Waals surface area contributed by atoms with Gasteiger partial charge in [0.1, 0.15) is 11.4 Å². The van der Waals surface area contributed by atoms with Crippen LogP contribution in [0.25, 0.3) is 0 Å². The molecule has 4 N–H and O–H groups in total. The number of rotatable bonds is 4. The number of carbonyl (C=O) groups excluding carboxylic acids is 2. The number of ether oxygens (including phenoxy) is 1. The van der Waals surface area contributed by atoms with E-state index in [0.29, 0.717) is 30.2 Å². The molecule has 1 aliphatic heterocycles. The van der Waals surface area contributed by atoms with E-state index in [9.17, 15) is 9.59 Å². The zero-order valence-electron chi connectivity index (χ0n) is 18.9. The summed E-state index contributed by atoms with van der Waals surface area (Å²) in [4.78, 5) is 29.4. The molecule has 0 radical (unpaired) electrons. The molecule has 2 amide bonds. The minimum absolute atomic E-state index is 0.0255. The van der Waals surface area contributed by atoms with E-state index < -0.39 is 5.60 Å². The van der Waals surface area contributed by atoms with Crippen molar-refractivity contribution in [1.29, 1.82) is 0 Å². The minimum atomic E-state index is -0.510. The van der Waals surface area contributed by atoms with Gasteiger partial charge in [0, 0.05) is 30.7 Å². The van der Waals surface area contributed by atoms with Crippen molar-refractivity contribution in [2.75, 3.05) is 18.1 Å². The lowest BCUT2D eigenvalue weighted by molar-refractivity contribution is 0.0142. The zero-order chi connectivity index (χ0) is 22.8. The Hall–Kier alpha value is -2.81. The Bertz CT molecular complexity index is 821. The van der Waals surface area contributed by atoms with Gasteiger partial charge >= 0.3 is 6.09 Å². The van der Waals surface area contributed by atoms with Gasteiger partial charge < -0.3 is 20.4 Å². The Labute approximate surface area is 183 Å². The largest absolute Gasteiger partial charge is 0.444 e. The number of hydrogen-bond donors (Lipinski definition) is 2. The summed E-state index contributed by atoms with van der Waals surface area (Å²) in [7, 11) is 0. The fraction of sp³-hybridized carbons (Fsp3) is 0.591. The predicted octanol–water partition coefficient (Wildman–Crippen LogP) is 2.66. The number of anilines is 1. The third-order valence-corrected chi connectivity index (χ3v) is 5.61. The van der Waals surface area contributed by atoms with Gasteiger partial charge in [-0.2, -0.15) is 5.10 Å². The Kier molecular flexibility index (Phi) is 6.74. The number of hydrazine groups is 1. The van der Waals surface area contributed by atoms with Gasteiger partial charge in [-0.15, -0.1) is 0 Å². The average molecular weight is 431 g/mol. The van der Waals surface area contributed by atoms with Gasteiger partial charge in [0.15, 0.2) is 0 Å². The maximum absolute atomic E-state index is 13.3. The topological polar surface area (TPSA) is 117 Å². The fourth-order valence-electron chi connectivity index (χ4n) is 3.80. The predicted molar refractivity (Wildman–Crippen MR) is 120 cm³/mol. The van der Waals surface area contributed by atoms with E-state index in [1.165, 1.54) is 5.01 Å². The molecule has 9 heteroatoms. The second kappa shape index (κ2) is 9.13. The average Bonchev–Trinajstić information content (AvgIpc) is 3.57. The number of piperidine rings is 1. The second-order valence-corrected chi connectivity index (χ2v) is 9.24. The summed E-state index contributed by atoms with van der Waals surface area (Å²) in [6, 6.07) is 7.55. The lowest BCUT2D eigenvalue weighted by Gasteiger charge is -2.39. The van der Waals surface area contributed by atoms with Crippen LogP contribution in [0.1, 0.15) is 63.7 Å². The maximum Gasteiger partial charge on any atom is 0.410 e. The molecule has 1 saturated carbocycles. The third kappa shape index (κ3) is 5.66. The quantitative estimate of drug-likeness (QED) is 0.328. The van der Waals surface area contributed by atoms with Crippen molar-refractivity contribution in [2.45, 2.75) is 71.1 Å². The van der Waals surface area contributed by atoms with Crippen molar-refractivity contribution in [3.63, 3.8) is 0 Å². The van der Waals surface area contributed by atoms with E-state index in [4.69, 9.17) is 16.4 Å². The van der Waals surface area contributed by atoms with Crippen LogP contribution < -0.4 is 16.7 Å². The summed E-state index contributed by atoms with van der Waals surface area (Å²) >= 11 is 0. The lowest BCUT2D eigenvalue weighted by atomic mass is 10.0. The van der Waals surface area contributed by atoms with Crippen molar-refractivity contribution in [3.05, 3.63) is 29.8 Å². The smallest absolute Gasteiger partial charge is 0.410 e. The van der Waals surface area contributed by atoms with Gasteiger partial charge in [0.05, 0.1) is 5.69 Å². The SMILES string of the molecule is CC(=NN)N(N)c1ccc(C(=O)N(C2CC2)C2CCN(C(=O)OC(C)(C)C)CC2)cc1. The van der Waals surface area contributed by atoms with Gasteiger partial charge in [0.2, 0.25) is 0 Å².